The van der Waals surface area contributed by atoms with Crippen LogP contribution in [-0.4, -0.2) is 0 Å². The Bertz CT molecular complexity index is 742. The van der Waals surface area contributed by atoms with E-state index in [4.69, 9.17) is 10.2 Å². The zero-order valence-electron chi connectivity index (χ0n) is 8.77. The molecule has 0 amide bonds. The van der Waals surface area contributed by atoms with Crippen LogP contribution in [0.5, 0.6) is 0 Å². The lowest BCUT2D eigenvalue weighted by atomic mass is 10.1. The molecule has 3 nitrogen and oxygen atoms in total. The first-order chi connectivity index (χ1) is 8.25. The summed E-state index contributed by atoms with van der Waals surface area (Å²) in [6.07, 6.45) is 2.50. The number of hydrogen-bond acceptors (Lipinski definition) is 4. The third-order valence-corrected chi connectivity index (χ3v) is 3.49. The largest absolute Gasteiger partial charge is 0.451 e. The summed E-state index contributed by atoms with van der Waals surface area (Å²) in [6.45, 7) is 0. The number of nitrogens with two attached hydrogens (primary N) is 1. The van der Waals surface area contributed by atoms with Crippen LogP contribution in [0.2, 0.25) is 0 Å². The highest BCUT2D eigenvalue weighted by atomic mass is 32.1. The Balaban J connectivity index is 2.32. The maximum atomic E-state index is 11.6. The molecule has 1 aromatic carbocycles. The molecule has 0 spiro atoms. The van der Waals surface area contributed by atoms with Gasteiger partial charge in [-0.05, 0) is 17.7 Å². The molecule has 4 heteroatoms. The summed E-state index contributed by atoms with van der Waals surface area (Å²) in [7, 11) is 0. The van der Waals surface area contributed by atoms with Crippen LogP contribution in [0.25, 0.3) is 21.4 Å². The smallest absolute Gasteiger partial charge is 0.203 e. The van der Waals surface area contributed by atoms with Crippen LogP contribution >= 0.6 is 11.3 Å². The third kappa shape index (κ3) is 1.62. The van der Waals surface area contributed by atoms with Crippen LogP contribution in [0, 0.1) is 6.26 Å². The van der Waals surface area contributed by atoms with Gasteiger partial charge in [0.2, 0.25) is 5.43 Å². The molecule has 0 unspecified atom stereocenters. The van der Waals surface area contributed by atoms with Gasteiger partial charge in [0, 0.05) is 22.7 Å². The molecule has 17 heavy (non-hydrogen) atoms. The van der Waals surface area contributed by atoms with Gasteiger partial charge in [-0.3, -0.25) is 4.79 Å². The number of anilines is 1. The second kappa shape index (κ2) is 3.75. The highest BCUT2D eigenvalue weighted by molar-refractivity contribution is 7.17. The van der Waals surface area contributed by atoms with Gasteiger partial charge in [0.15, 0.2) is 11.8 Å². The van der Waals surface area contributed by atoms with E-state index in [1.807, 2.05) is 29.6 Å². The topological polar surface area (TPSA) is 56.2 Å². The van der Waals surface area contributed by atoms with Gasteiger partial charge in [0.25, 0.3) is 0 Å². The van der Waals surface area contributed by atoms with E-state index in [0.717, 1.165) is 11.1 Å². The quantitative estimate of drug-likeness (QED) is 0.667. The number of hydrogen-bond donors (Lipinski definition) is 1. The van der Waals surface area contributed by atoms with E-state index in [2.05, 4.69) is 6.26 Å². The normalized spacial score (nSPS) is 10.8. The van der Waals surface area contributed by atoms with Crippen molar-refractivity contribution < 1.29 is 4.42 Å². The molecule has 0 aliphatic carbocycles. The van der Waals surface area contributed by atoms with Crippen molar-refractivity contribution in [3.63, 3.8) is 0 Å². The minimum Gasteiger partial charge on any atom is -0.451 e. The second-order valence-corrected chi connectivity index (χ2v) is 4.54. The monoisotopic (exact) mass is 242 g/mol. The minimum atomic E-state index is -0.0635. The molecule has 0 aliphatic rings. The van der Waals surface area contributed by atoms with E-state index in [-0.39, 0.29) is 5.43 Å². The molecule has 2 aromatic heterocycles. The molecule has 0 saturated heterocycles. The van der Waals surface area contributed by atoms with Crippen molar-refractivity contribution in [2.24, 2.45) is 0 Å². The molecule has 0 fully saturated rings. The maximum Gasteiger partial charge on any atom is 0.203 e. The molecule has 83 valence electrons. The predicted octanol–water partition coefficient (Wildman–Crippen LogP) is 2.90. The summed E-state index contributed by atoms with van der Waals surface area (Å²) in [5.41, 5.74) is 8.76. The first kappa shape index (κ1) is 10.1. The Morgan fingerprint density at radius 3 is 3.06 bits per heavy atom. The van der Waals surface area contributed by atoms with Crippen LogP contribution in [-0.2, 0) is 0 Å². The van der Waals surface area contributed by atoms with Gasteiger partial charge in [-0.1, -0.05) is 12.1 Å². The van der Waals surface area contributed by atoms with Crippen molar-refractivity contribution in [1.82, 2.24) is 0 Å². The molecule has 3 aromatic rings. The van der Waals surface area contributed by atoms with Crippen molar-refractivity contribution in [2.75, 3.05) is 5.73 Å². The van der Waals surface area contributed by atoms with E-state index in [1.165, 1.54) is 17.4 Å². The number of benzene rings is 1. The van der Waals surface area contributed by atoms with Crippen LogP contribution in [0.1, 0.15) is 0 Å². The van der Waals surface area contributed by atoms with E-state index in [1.54, 1.807) is 0 Å². The zero-order valence-corrected chi connectivity index (χ0v) is 9.58. The molecule has 0 bridgehead atoms. The van der Waals surface area contributed by atoms with Crippen LogP contribution < -0.4 is 11.2 Å². The number of nitrogen functional groups attached to an aromatic ring is 1. The average molecular weight is 242 g/mol. The lowest BCUT2D eigenvalue weighted by Gasteiger charge is -1.99. The standard InChI is InChI=1S/C13H8NO2S/c14-9-3-1-2-8(6-9)10-7-17-13-11(15)4-5-16-12(10)13/h1-4,6-7H,14H2. The fourth-order valence-electron chi connectivity index (χ4n) is 1.73. The van der Waals surface area contributed by atoms with Gasteiger partial charge in [-0.25, -0.2) is 0 Å². The maximum absolute atomic E-state index is 11.6. The predicted molar refractivity (Wildman–Crippen MR) is 69.0 cm³/mol. The third-order valence-electron chi connectivity index (χ3n) is 2.52. The average Bonchev–Trinajstić information content (AvgIpc) is 2.74. The van der Waals surface area contributed by atoms with Gasteiger partial charge in [0.05, 0.1) is 0 Å². The van der Waals surface area contributed by atoms with Crippen molar-refractivity contribution in [3.05, 3.63) is 52.2 Å². The SMILES string of the molecule is Nc1cccc(-c2csc3c(=O)c[c]oc23)c1. The Morgan fingerprint density at radius 2 is 2.24 bits per heavy atom. The number of thiophene rings is 1. The molecule has 2 N–H and O–H groups in total. The van der Waals surface area contributed by atoms with Crippen molar-refractivity contribution in [3.8, 4) is 11.1 Å². The summed E-state index contributed by atoms with van der Waals surface area (Å²) in [5, 5.41) is 1.90. The summed E-state index contributed by atoms with van der Waals surface area (Å²) in [4.78, 5) is 11.6. The Labute approximate surface area is 101 Å². The lowest BCUT2D eigenvalue weighted by Crippen LogP contribution is -1.94. The molecular formula is C13H8NO2S. The lowest BCUT2D eigenvalue weighted by molar-refractivity contribution is 0.595. The van der Waals surface area contributed by atoms with Crippen LogP contribution in [0.4, 0.5) is 5.69 Å². The van der Waals surface area contributed by atoms with Crippen molar-refractivity contribution >= 4 is 27.3 Å². The first-order valence-corrected chi connectivity index (χ1v) is 5.91. The molecule has 1 radical (unpaired) electrons. The fraction of sp³-hybridized carbons (Fsp3) is 0. The highest BCUT2D eigenvalue weighted by Crippen LogP contribution is 2.32. The molecule has 0 aliphatic heterocycles. The van der Waals surface area contributed by atoms with Crippen molar-refractivity contribution in [2.45, 2.75) is 0 Å². The Morgan fingerprint density at radius 1 is 1.35 bits per heavy atom. The molecule has 0 atom stereocenters. The van der Waals surface area contributed by atoms with Gasteiger partial charge in [0.1, 0.15) is 4.70 Å². The molecular weight excluding hydrogens is 234 g/mol. The summed E-state index contributed by atoms with van der Waals surface area (Å²) >= 11 is 1.37. The second-order valence-electron chi connectivity index (χ2n) is 3.66. The minimum absolute atomic E-state index is 0.0635. The summed E-state index contributed by atoms with van der Waals surface area (Å²) < 4.78 is 5.91. The fourth-order valence-corrected chi connectivity index (χ4v) is 2.64. The Hall–Kier alpha value is -2.07. The summed E-state index contributed by atoms with van der Waals surface area (Å²) in [5.74, 6) is 0. The van der Waals surface area contributed by atoms with Gasteiger partial charge in [-0.15, -0.1) is 11.3 Å². The van der Waals surface area contributed by atoms with Gasteiger partial charge >= 0.3 is 0 Å². The van der Waals surface area contributed by atoms with E-state index in [0.29, 0.717) is 16.0 Å². The highest BCUT2D eigenvalue weighted by Gasteiger charge is 2.10. The van der Waals surface area contributed by atoms with Gasteiger partial charge < -0.3 is 10.2 Å². The molecule has 2 heterocycles. The molecule has 3 rings (SSSR count). The zero-order chi connectivity index (χ0) is 11.8. The van der Waals surface area contributed by atoms with E-state index in [9.17, 15) is 4.79 Å². The van der Waals surface area contributed by atoms with E-state index >= 15 is 0 Å². The first-order valence-electron chi connectivity index (χ1n) is 5.03. The Kier molecular flexibility index (Phi) is 2.23. The molecule has 0 saturated carbocycles. The summed E-state index contributed by atoms with van der Waals surface area (Å²) in [6, 6.07) is 8.79. The van der Waals surface area contributed by atoms with Crippen LogP contribution in [0.15, 0.2) is 44.9 Å². The van der Waals surface area contributed by atoms with E-state index < -0.39 is 0 Å². The van der Waals surface area contributed by atoms with Gasteiger partial charge in [-0.2, -0.15) is 0 Å². The number of fused-ring (bicyclic) bond motifs is 1. The number of rotatable bonds is 1. The van der Waals surface area contributed by atoms with Crippen LogP contribution in [0.3, 0.4) is 0 Å². The van der Waals surface area contributed by atoms with Crippen molar-refractivity contribution in [1.29, 1.82) is 0 Å².